The van der Waals surface area contributed by atoms with Crippen molar-refractivity contribution in [2.24, 2.45) is 0 Å². The summed E-state index contributed by atoms with van der Waals surface area (Å²) >= 11 is 11.7. The number of hydrogen-bond donors (Lipinski definition) is 4. The van der Waals surface area contributed by atoms with E-state index in [1.165, 1.54) is 30.3 Å². The Balaban J connectivity index is 1.77. The lowest BCUT2D eigenvalue weighted by Crippen LogP contribution is -2.41. The minimum Gasteiger partial charge on any atom is -0.478 e. The fraction of sp³-hybridized carbons (Fsp3) is 0. The molecule has 0 spiro atoms. The Morgan fingerprint density at radius 2 is 1.44 bits per heavy atom. The lowest BCUT2D eigenvalue weighted by Gasteiger charge is -2.12. The normalized spacial score (nSPS) is 11.6. The Hall–Kier alpha value is -3.16. The van der Waals surface area contributed by atoms with Crippen molar-refractivity contribution in [1.29, 1.82) is 0 Å². The number of benzene rings is 3. The Kier molecular flexibility index (Phi) is 7.48. The molecule has 3 rings (SSSR count). The van der Waals surface area contributed by atoms with Gasteiger partial charge in [-0.25, -0.2) is 21.6 Å². The minimum atomic E-state index is -4.37. The molecule has 4 N–H and O–H groups in total. The van der Waals surface area contributed by atoms with E-state index in [1.54, 1.807) is 12.1 Å². The van der Waals surface area contributed by atoms with Crippen LogP contribution in [0.1, 0.15) is 20.7 Å². The zero-order valence-electron chi connectivity index (χ0n) is 16.8. The van der Waals surface area contributed by atoms with E-state index in [0.717, 1.165) is 24.3 Å². The van der Waals surface area contributed by atoms with Gasteiger partial charge >= 0.3 is 5.97 Å². The molecule has 0 atom stereocenters. The number of carbonyl (C=O) groups excluding carboxylic acids is 1. The molecule has 3 aromatic carbocycles. The molecule has 10 nitrogen and oxygen atoms in total. The van der Waals surface area contributed by atoms with Crippen molar-refractivity contribution in [2.45, 2.75) is 9.79 Å². The summed E-state index contributed by atoms with van der Waals surface area (Å²) < 4.78 is 52.5. The largest absolute Gasteiger partial charge is 0.478 e. The summed E-state index contributed by atoms with van der Waals surface area (Å²) in [5.74, 6) is -2.40. The number of aromatic carboxylic acids is 1. The number of hydrogen-bond acceptors (Lipinski definition) is 6. The SMILES string of the molecule is O=C(NNS(=O)(=O)c1ccc(Cl)c(C(=O)O)c1)c1cccc(S(=O)(=O)Nc2ccccc2Cl)c1. The van der Waals surface area contributed by atoms with Gasteiger partial charge in [-0.05, 0) is 48.5 Å². The van der Waals surface area contributed by atoms with E-state index >= 15 is 0 Å². The highest BCUT2D eigenvalue weighted by Gasteiger charge is 2.21. The van der Waals surface area contributed by atoms with E-state index < -0.39 is 42.4 Å². The molecule has 0 saturated heterocycles. The van der Waals surface area contributed by atoms with Crippen LogP contribution < -0.4 is 15.0 Å². The molecule has 0 heterocycles. The van der Waals surface area contributed by atoms with Crippen molar-refractivity contribution in [2.75, 3.05) is 4.72 Å². The molecule has 0 unspecified atom stereocenters. The zero-order chi connectivity index (χ0) is 25.1. The van der Waals surface area contributed by atoms with Crippen LogP contribution in [0.4, 0.5) is 5.69 Å². The second-order valence-corrected chi connectivity index (χ2v) is 10.8. The molecule has 178 valence electrons. The van der Waals surface area contributed by atoms with Crippen LogP contribution in [0.2, 0.25) is 10.0 Å². The second kappa shape index (κ2) is 9.99. The first kappa shape index (κ1) is 25.5. The predicted octanol–water partition coefficient (Wildman–Crippen LogP) is 3.12. The number of amides is 1. The summed E-state index contributed by atoms with van der Waals surface area (Å²) in [5.41, 5.74) is 1.46. The molecule has 0 fully saturated rings. The molecule has 0 aliphatic rings. The number of hydrazine groups is 1. The van der Waals surface area contributed by atoms with Gasteiger partial charge in [-0.3, -0.25) is 14.9 Å². The molecule has 3 aromatic rings. The van der Waals surface area contributed by atoms with E-state index in [1.807, 2.05) is 10.3 Å². The van der Waals surface area contributed by atoms with Gasteiger partial charge in [0.2, 0.25) is 0 Å². The van der Waals surface area contributed by atoms with Gasteiger partial charge < -0.3 is 5.11 Å². The third-order valence-corrected chi connectivity index (χ3v) is 7.57. The molecule has 14 heteroatoms. The number of sulfonamides is 2. The van der Waals surface area contributed by atoms with Gasteiger partial charge in [-0.2, -0.15) is 0 Å². The Bertz CT molecular complexity index is 1490. The lowest BCUT2D eigenvalue weighted by molar-refractivity contribution is 0.0696. The average molecular weight is 544 g/mol. The van der Waals surface area contributed by atoms with Crippen molar-refractivity contribution >= 4 is 60.8 Å². The number of halogens is 2. The van der Waals surface area contributed by atoms with Gasteiger partial charge in [0.15, 0.2) is 0 Å². The molecule has 1 amide bonds. The average Bonchev–Trinajstić information content (AvgIpc) is 2.79. The zero-order valence-corrected chi connectivity index (χ0v) is 20.0. The van der Waals surface area contributed by atoms with Gasteiger partial charge in [0.25, 0.3) is 26.0 Å². The van der Waals surface area contributed by atoms with E-state index in [0.29, 0.717) is 0 Å². The summed E-state index contributed by atoms with van der Waals surface area (Å²) in [7, 11) is -8.49. The fourth-order valence-corrected chi connectivity index (χ4v) is 5.06. The van der Waals surface area contributed by atoms with Gasteiger partial charge in [-0.1, -0.05) is 41.4 Å². The van der Waals surface area contributed by atoms with Crippen LogP contribution in [0.5, 0.6) is 0 Å². The van der Waals surface area contributed by atoms with Crippen molar-refractivity contribution in [3.8, 4) is 0 Å². The monoisotopic (exact) mass is 543 g/mol. The Labute approximate surface area is 204 Å². The van der Waals surface area contributed by atoms with Crippen molar-refractivity contribution < 1.29 is 31.5 Å². The summed E-state index contributed by atoms with van der Waals surface area (Å²) in [6.07, 6.45) is 0. The number of carbonyl (C=O) groups is 2. The topological polar surface area (TPSA) is 159 Å². The van der Waals surface area contributed by atoms with Crippen LogP contribution in [0.15, 0.2) is 76.5 Å². The van der Waals surface area contributed by atoms with Crippen molar-refractivity contribution in [3.63, 3.8) is 0 Å². The molecule has 0 aromatic heterocycles. The number of rotatable bonds is 8. The van der Waals surface area contributed by atoms with Crippen LogP contribution in [-0.4, -0.2) is 33.8 Å². The predicted molar refractivity (Wildman–Crippen MR) is 125 cm³/mol. The van der Waals surface area contributed by atoms with E-state index in [4.69, 9.17) is 28.3 Å². The summed E-state index contributed by atoms with van der Waals surface area (Å²) in [6.45, 7) is 0. The summed E-state index contributed by atoms with van der Waals surface area (Å²) in [6, 6.07) is 14.0. The molecular weight excluding hydrogens is 529 g/mol. The minimum absolute atomic E-state index is 0.135. The number of para-hydroxylation sites is 1. The molecule has 0 saturated carbocycles. The maximum Gasteiger partial charge on any atom is 0.337 e. The Morgan fingerprint density at radius 3 is 2.12 bits per heavy atom. The summed E-state index contributed by atoms with van der Waals surface area (Å²) in [4.78, 5) is 24.7. The summed E-state index contributed by atoms with van der Waals surface area (Å²) in [5, 5.41) is 9.09. The van der Waals surface area contributed by atoms with E-state index in [2.05, 4.69) is 4.72 Å². The van der Waals surface area contributed by atoms with Crippen LogP contribution in [0.3, 0.4) is 0 Å². The molecule has 0 aliphatic heterocycles. The quantitative estimate of drug-likeness (QED) is 0.317. The smallest absolute Gasteiger partial charge is 0.337 e. The van der Waals surface area contributed by atoms with Crippen LogP contribution >= 0.6 is 23.2 Å². The van der Waals surface area contributed by atoms with Gasteiger partial charge in [0.05, 0.1) is 31.1 Å². The standard InChI is InChI=1S/C20H15Cl2N3O7S2/c21-16-9-8-14(11-15(16)20(27)28)34(31,32)25-23-19(26)12-4-3-5-13(10-12)33(29,30)24-18-7-2-1-6-17(18)22/h1-11,24-25H,(H,23,26)(H,27,28). The highest BCUT2D eigenvalue weighted by molar-refractivity contribution is 7.92. The molecular formula is C20H15Cl2N3O7S2. The third kappa shape index (κ3) is 5.85. The first-order valence-corrected chi connectivity index (χ1v) is 12.9. The maximum atomic E-state index is 12.7. The number of carboxylic acids is 1. The lowest BCUT2D eigenvalue weighted by atomic mass is 10.2. The third-order valence-electron chi connectivity index (χ3n) is 4.30. The van der Waals surface area contributed by atoms with E-state index in [-0.39, 0.29) is 26.2 Å². The van der Waals surface area contributed by atoms with Crippen LogP contribution in [0, 0.1) is 0 Å². The van der Waals surface area contributed by atoms with Gasteiger partial charge in [0.1, 0.15) is 0 Å². The number of anilines is 1. The first-order valence-electron chi connectivity index (χ1n) is 9.13. The highest BCUT2D eigenvalue weighted by atomic mass is 35.5. The molecule has 34 heavy (non-hydrogen) atoms. The molecule has 0 bridgehead atoms. The second-order valence-electron chi connectivity index (χ2n) is 6.62. The maximum absolute atomic E-state index is 12.7. The molecule has 0 radical (unpaired) electrons. The molecule has 0 aliphatic carbocycles. The van der Waals surface area contributed by atoms with Crippen LogP contribution in [0.25, 0.3) is 0 Å². The van der Waals surface area contributed by atoms with Gasteiger partial charge in [-0.15, -0.1) is 4.83 Å². The van der Waals surface area contributed by atoms with E-state index in [9.17, 15) is 26.4 Å². The van der Waals surface area contributed by atoms with Crippen molar-refractivity contribution in [3.05, 3.63) is 87.9 Å². The highest BCUT2D eigenvalue weighted by Crippen LogP contribution is 2.24. The fourth-order valence-electron chi connectivity index (χ4n) is 2.63. The number of carboxylic acid groups (broad SMARTS) is 1. The first-order chi connectivity index (χ1) is 15.9. The van der Waals surface area contributed by atoms with Crippen LogP contribution in [-0.2, 0) is 20.0 Å². The van der Waals surface area contributed by atoms with Gasteiger partial charge in [0, 0.05) is 5.56 Å². The number of nitrogens with one attached hydrogen (secondary N) is 3. The van der Waals surface area contributed by atoms with Crippen molar-refractivity contribution in [1.82, 2.24) is 10.3 Å². The Morgan fingerprint density at radius 1 is 0.765 bits per heavy atom.